The summed E-state index contributed by atoms with van der Waals surface area (Å²) < 4.78 is 66.8. The summed E-state index contributed by atoms with van der Waals surface area (Å²) in [4.78, 5) is 26.7. The number of nitrogens with zero attached hydrogens (tertiary/aromatic N) is 1. The van der Waals surface area contributed by atoms with Crippen molar-refractivity contribution in [2.75, 3.05) is 10.7 Å². The highest BCUT2D eigenvalue weighted by Crippen LogP contribution is 2.33. The number of ether oxygens (including phenoxy) is 1. The number of hydrogen-bond donors (Lipinski definition) is 1. The van der Waals surface area contributed by atoms with Gasteiger partial charge < -0.3 is 15.4 Å². The minimum atomic E-state index is -4.84. The first kappa shape index (κ1) is 25.7. The molecule has 0 aromatic heterocycles. The molecule has 2 aromatic carbocycles. The molecule has 0 saturated heterocycles. The van der Waals surface area contributed by atoms with Gasteiger partial charge in [0, 0.05) is 12.0 Å². The van der Waals surface area contributed by atoms with E-state index in [1.807, 2.05) is 6.92 Å². The Balaban J connectivity index is 1.98. The van der Waals surface area contributed by atoms with Gasteiger partial charge in [-0.2, -0.15) is 0 Å². The number of hydrogen-bond acceptors (Lipinski definition) is 6. The van der Waals surface area contributed by atoms with Gasteiger partial charge in [0.05, 0.1) is 28.9 Å². The van der Waals surface area contributed by atoms with Gasteiger partial charge in [0.25, 0.3) is 0 Å². The summed E-state index contributed by atoms with van der Waals surface area (Å²) in [7, 11) is -3.92. The maximum Gasteiger partial charge on any atom is 0.573 e. The number of rotatable bonds is 8. The molecule has 2 N–H and O–H groups in total. The summed E-state index contributed by atoms with van der Waals surface area (Å²) in [6, 6.07) is 7.61. The van der Waals surface area contributed by atoms with E-state index in [0.717, 1.165) is 29.9 Å². The SMILES string of the molecule is CCCCCC(=O)c1ccc2c(c1)N(Cc1ccc(OC(F)(F)F)cc1)C(=O)[C@@H](N)CS2(=O)=O. The number of nitrogens with two attached hydrogens (primary N) is 1. The first-order valence-corrected chi connectivity index (χ1v) is 12.4. The quantitative estimate of drug-likeness (QED) is 0.436. The molecule has 1 atom stereocenters. The molecule has 0 saturated carbocycles. The van der Waals surface area contributed by atoms with Crippen LogP contribution in [-0.4, -0.2) is 38.3 Å². The Morgan fingerprint density at radius 3 is 2.44 bits per heavy atom. The molecule has 11 heteroatoms. The fraction of sp³-hybridized carbons (Fsp3) is 0.391. The highest BCUT2D eigenvalue weighted by atomic mass is 32.2. The summed E-state index contributed by atoms with van der Waals surface area (Å²) in [5, 5.41) is 0. The third kappa shape index (κ3) is 6.15. The molecular formula is C23H25F3N2O5S. The van der Waals surface area contributed by atoms with Crippen molar-refractivity contribution < 1.29 is 35.9 Å². The van der Waals surface area contributed by atoms with Gasteiger partial charge in [-0.3, -0.25) is 9.59 Å². The smallest absolute Gasteiger partial charge is 0.406 e. The Bertz CT molecular complexity index is 1160. The number of alkyl halides is 3. The minimum Gasteiger partial charge on any atom is -0.406 e. The minimum absolute atomic E-state index is 0.0231. The maximum absolute atomic E-state index is 13.0. The van der Waals surface area contributed by atoms with Gasteiger partial charge in [-0.05, 0) is 42.3 Å². The fourth-order valence-electron chi connectivity index (χ4n) is 3.70. The molecule has 3 rings (SSSR count). The molecule has 0 bridgehead atoms. The number of anilines is 1. The lowest BCUT2D eigenvalue weighted by molar-refractivity contribution is -0.274. The van der Waals surface area contributed by atoms with Crippen molar-refractivity contribution in [3.63, 3.8) is 0 Å². The Hall–Kier alpha value is -2.92. The molecule has 7 nitrogen and oxygen atoms in total. The van der Waals surface area contributed by atoms with Crippen LogP contribution in [0.1, 0.15) is 48.5 Å². The Morgan fingerprint density at radius 2 is 1.82 bits per heavy atom. The van der Waals surface area contributed by atoms with Crippen LogP contribution in [-0.2, 0) is 21.2 Å². The summed E-state index contributed by atoms with van der Waals surface area (Å²) in [6.45, 7) is 1.85. The molecule has 184 valence electrons. The number of ketones is 1. The van der Waals surface area contributed by atoms with Crippen LogP contribution >= 0.6 is 0 Å². The molecule has 2 aromatic rings. The second kappa shape index (κ2) is 10.1. The fourth-order valence-corrected chi connectivity index (χ4v) is 5.26. The van der Waals surface area contributed by atoms with Crippen LogP contribution in [0.5, 0.6) is 5.75 Å². The predicted molar refractivity (Wildman–Crippen MR) is 119 cm³/mol. The highest BCUT2D eigenvalue weighted by Gasteiger charge is 2.36. The summed E-state index contributed by atoms with van der Waals surface area (Å²) in [5.74, 6) is -1.88. The number of carbonyl (C=O) groups is 2. The Kier molecular flexibility index (Phi) is 7.67. The Labute approximate surface area is 195 Å². The second-order valence-electron chi connectivity index (χ2n) is 8.07. The van der Waals surface area contributed by atoms with Gasteiger partial charge in [0.2, 0.25) is 5.91 Å². The van der Waals surface area contributed by atoms with Gasteiger partial charge in [-0.15, -0.1) is 13.2 Å². The van der Waals surface area contributed by atoms with E-state index in [2.05, 4.69) is 4.74 Å². The summed E-state index contributed by atoms with van der Waals surface area (Å²) in [5.41, 5.74) is 6.58. The molecule has 0 radical (unpaired) electrons. The van der Waals surface area contributed by atoms with Crippen molar-refractivity contribution in [2.45, 2.75) is 56.5 Å². The normalized spacial score (nSPS) is 17.7. The number of unbranched alkanes of at least 4 members (excludes halogenated alkanes) is 2. The van der Waals surface area contributed by atoms with E-state index in [4.69, 9.17) is 5.73 Å². The zero-order valence-corrected chi connectivity index (χ0v) is 19.3. The molecule has 1 aliphatic rings. The maximum atomic E-state index is 13.0. The van der Waals surface area contributed by atoms with Crippen LogP contribution in [0.4, 0.5) is 18.9 Å². The van der Waals surface area contributed by atoms with Crippen molar-refractivity contribution >= 4 is 27.2 Å². The monoisotopic (exact) mass is 498 g/mol. The zero-order valence-electron chi connectivity index (χ0n) is 18.5. The van der Waals surface area contributed by atoms with E-state index >= 15 is 0 Å². The van der Waals surface area contributed by atoms with E-state index in [1.165, 1.54) is 30.3 Å². The van der Waals surface area contributed by atoms with Crippen molar-refractivity contribution in [1.82, 2.24) is 0 Å². The molecule has 34 heavy (non-hydrogen) atoms. The van der Waals surface area contributed by atoms with Crippen LogP contribution in [0.25, 0.3) is 0 Å². The first-order valence-electron chi connectivity index (χ1n) is 10.7. The van der Waals surface area contributed by atoms with Crippen LogP contribution in [0, 0.1) is 0 Å². The summed E-state index contributed by atoms with van der Waals surface area (Å²) in [6.07, 6.45) is -2.07. The number of benzene rings is 2. The number of carbonyl (C=O) groups excluding carboxylic acids is 2. The topological polar surface area (TPSA) is 107 Å². The van der Waals surface area contributed by atoms with E-state index in [9.17, 15) is 31.2 Å². The molecular weight excluding hydrogens is 473 g/mol. The third-order valence-electron chi connectivity index (χ3n) is 5.39. The van der Waals surface area contributed by atoms with Crippen molar-refractivity contribution in [3.8, 4) is 5.75 Å². The second-order valence-corrected chi connectivity index (χ2v) is 10.1. The standard InChI is InChI=1S/C23H25F3N2O5S/c1-2-3-4-5-20(29)16-8-11-21-19(12-16)28(22(30)18(27)14-34(21,31)32)13-15-6-9-17(10-7-15)33-23(24,25)26/h6-12,18H,2-5,13-14,27H2,1H3/t18-/m0/s1. The summed E-state index contributed by atoms with van der Waals surface area (Å²) >= 11 is 0. The molecule has 1 amide bonds. The molecule has 1 heterocycles. The van der Waals surface area contributed by atoms with E-state index in [-0.39, 0.29) is 34.9 Å². The van der Waals surface area contributed by atoms with Crippen LogP contribution in [0.2, 0.25) is 0 Å². The molecule has 0 spiro atoms. The van der Waals surface area contributed by atoms with Gasteiger partial charge in [0.1, 0.15) is 5.75 Å². The number of sulfone groups is 1. The Morgan fingerprint density at radius 1 is 1.15 bits per heavy atom. The number of Topliss-reactive ketones (excluding diaryl/α,β-unsaturated/α-hetero) is 1. The molecule has 1 aliphatic heterocycles. The van der Waals surface area contributed by atoms with Gasteiger partial charge >= 0.3 is 6.36 Å². The average Bonchev–Trinajstić information content (AvgIpc) is 2.82. The van der Waals surface area contributed by atoms with Gasteiger partial charge in [-0.1, -0.05) is 31.9 Å². The van der Waals surface area contributed by atoms with Crippen LogP contribution in [0.15, 0.2) is 47.4 Å². The number of halogens is 3. The zero-order chi connectivity index (χ0) is 25.1. The van der Waals surface area contributed by atoms with E-state index in [0.29, 0.717) is 12.0 Å². The van der Waals surface area contributed by atoms with E-state index in [1.54, 1.807) is 0 Å². The largest absolute Gasteiger partial charge is 0.573 e. The van der Waals surface area contributed by atoms with Gasteiger partial charge in [0.15, 0.2) is 15.6 Å². The average molecular weight is 499 g/mol. The lowest BCUT2D eigenvalue weighted by Crippen LogP contribution is -2.45. The van der Waals surface area contributed by atoms with Crippen LogP contribution in [0.3, 0.4) is 0 Å². The van der Waals surface area contributed by atoms with E-state index < -0.39 is 39.7 Å². The number of amides is 1. The third-order valence-corrected chi connectivity index (χ3v) is 7.21. The highest BCUT2D eigenvalue weighted by molar-refractivity contribution is 7.91. The first-order chi connectivity index (χ1) is 15.9. The van der Waals surface area contributed by atoms with Crippen molar-refractivity contribution in [1.29, 1.82) is 0 Å². The molecule has 0 fully saturated rings. The molecule has 0 aliphatic carbocycles. The number of fused-ring (bicyclic) bond motifs is 1. The van der Waals surface area contributed by atoms with Gasteiger partial charge in [-0.25, -0.2) is 8.42 Å². The van der Waals surface area contributed by atoms with Crippen LogP contribution < -0.4 is 15.4 Å². The van der Waals surface area contributed by atoms with Crippen molar-refractivity contribution in [3.05, 3.63) is 53.6 Å². The van der Waals surface area contributed by atoms with Crippen molar-refractivity contribution in [2.24, 2.45) is 5.73 Å². The molecule has 0 unspecified atom stereocenters. The predicted octanol–water partition coefficient (Wildman–Crippen LogP) is 4.00. The lowest BCUT2D eigenvalue weighted by Gasteiger charge is -2.24. The lowest BCUT2D eigenvalue weighted by atomic mass is 10.0.